The minimum Gasteiger partial charge on any atom is -0.343 e. The first-order valence-electron chi connectivity index (χ1n) is 8.61. The van der Waals surface area contributed by atoms with Crippen molar-refractivity contribution in [3.05, 3.63) is 29.3 Å². The van der Waals surface area contributed by atoms with Crippen LogP contribution < -0.4 is 4.90 Å². The summed E-state index contributed by atoms with van der Waals surface area (Å²) in [7, 11) is 0. The van der Waals surface area contributed by atoms with Crippen molar-refractivity contribution in [1.82, 2.24) is 4.90 Å². The van der Waals surface area contributed by atoms with E-state index in [1.807, 2.05) is 30.9 Å². The molecule has 1 aromatic rings. The predicted molar refractivity (Wildman–Crippen MR) is 93.6 cm³/mol. The molecular weight excluding hydrogens is 288 g/mol. The quantitative estimate of drug-likeness (QED) is 0.853. The molecule has 0 N–H and O–H groups in total. The van der Waals surface area contributed by atoms with Crippen molar-refractivity contribution >= 4 is 17.5 Å². The maximum absolute atomic E-state index is 12.4. The third-order valence-corrected chi connectivity index (χ3v) is 4.41. The maximum atomic E-state index is 12.4. The zero-order valence-corrected chi connectivity index (χ0v) is 14.6. The lowest BCUT2D eigenvalue weighted by Crippen LogP contribution is -2.37. The maximum Gasteiger partial charge on any atom is 0.224 e. The molecule has 0 atom stereocenters. The van der Waals surface area contributed by atoms with Crippen LogP contribution >= 0.6 is 0 Å². The van der Waals surface area contributed by atoms with E-state index in [9.17, 15) is 9.59 Å². The number of amides is 2. The van der Waals surface area contributed by atoms with E-state index in [0.29, 0.717) is 13.0 Å². The molecule has 1 aliphatic rings. The van der Waals surface area contributed by atoms with Crippen molar-refractivity contribution < 1.29 is 9.59 Å². The van der Waals surface area contributed by atoms with Gasteiger partial charge in [0.1, 0.15) is 0 Å². The Kier molecular flexibility index (Phi) is 6.20. The van der Waals surface area contributed by atoms with Gasteiger partial charge in [0.2, 0.25) is 11.8 Å². The van der Waals surface area contributed by atoms with Crippen molar-refractivity contribution in [3.8, 4) is 0 Å². The molecule has 4 heteroatoms. The van der Waals surface area contributed by atoms with E-state index in [2.05, 4.69) is 6.07 Å². The van der Waals surface area contributed by atoms with Crippen LogP contribution in [0, 0.1) is 13.8 Å². The molecule has 23 heavy (non-hydrogen) atoms. The van der Waals surface area contributed by atoms with Crippen LogP contribution in [0.4, 0.5) is 5.69 Å². The number of rotatable bonds is 4. The second-order valence-electron chi connectivity index (χ2n) is 6.56. The van der Waals surface area contributed by atoms with Crippen LogP contribution in [-0.2, 0) is 9.59 Å². The van der Waals surface area contributed by atoms with E-state index in [0.717, 1.165) is 42.7 Å². The third kappa shape index (κ3) is 5.08. The molecule has 0 aromatic heterocycles. The van der Waals surface area contributed by atoms with Gasteiger partial charge in [0, 0.05) is 38.7 Å². The summed E-state index contributed by atoms with van der Waals surface area (Å²) >= 11 is 0. The molecule has 0 unspecified atom stereocenters. The minimum atomic E-state index is -0.0151. The number of hydrogen-bond donors (Lipinski definition) is 0. The molecule has 0 spiro atoms. The van der Waals surface area contributed by atoms with Gasteiger partial charge in [0.05, 0.1) is 0 Å². The van der Waals surface area contributed by atoms with Crippen molar-refractivity contribution in [1.29, 1.82) is 0 Å². The molecule has 2 amide bonds. The molecule has 0 bridgehead atoms. The fourth-order valence-electron chi connectivity index (χ4n) is 3.26. The van der Waals surface area contributed by atoms with E-state index < -0.39 is 0 Å². The topological polar surface area (TPSA) is 40.6 Å². The first kappa shape index (κ1) is 17.5. The van der Waals surface area contributed by atoms with Crippen LogP contribution in [0.1, 0.15) is 50.2 Å². The predicted octanol–water partition coefficient (Wildman–Crippen LogP) is 3.45. The first-order valence-corrected chi connectivity index (χ1v) is 8.61. The molecule has 126 valence electrons. The van der Waals surface area contributed by atoms with Gasteiger partial charge in [0.25, 0.3) is 0 Å². The van der Waals surface area contributed by atoms with E-state index in [1.165, 1.54) is 12.8 Å². The van der Waals surface area contributed by atoms with E-state index in [4.69, 9.17) is 0 Å². The lowest BCUT2D eigenvalue weighted by Gasteiger charge is -2.25. The van der Waals surface area contributed by atoms with Crippen molar-refractivity contribution in [2.45, 2.75) is 52.9 Å². The van der Waals surface area contributed by atoms with Crippen LogP contribution in [0.3, 0.4) is 0 Å². The van der Waals surface area contributed by atoms with Crippen LogP contribution in [0.15, 0.2) is 18.2 Å². The van der Waals surface area contributed by atoms with E-state index in [-0.39, 0.29) is 11.8 Å². The van der Waals surface area contributed by atoms with Crippen molar-refractivity contribution in [2.24, 2.45) is 0 Å². The number of anilines is 1. The minimum absolute atomic E-state index is 0.0151. The Morgan fingerprint density at radius 2 is 1.57 bits per heavy atom. The molecule has 4 nitrogen and oxygen atoms in total. The second-order valence-corrected chi connectivity index (χ2v) is 6.56. The highest BCUT2D eigenvalue weighted by Gasteiger charge is 2.18. The Labute approximate surface area is 139 Å². The van der Waals surface area contributed by atoms with Gasteiger partial charge in [-0.3, -0.25) is 9.59 Å². The number of aryl methyl sites for hydroxylation is 2. The molecule has 1 aliphatic heterocycles. The van der Waals surface area contributed by atoms with Crippen LogP contribution in [0.2, 0.25) is 0 Å². The number of likely N-dealkylation sites (tertiary alicyclic amines) is 1. The Morgan fingerprint density at radius 3 is 2.09 bits per heavy atom. The molecule has 0 saturated carbocycles. The Hall–Kier alpha value is -1.84. The smallest absolute Gasteiger partial charge is 0.224 e. The summed E-state index contributed by atoms with van der Waals surface area (Å²) in [6, 6.07) is 6.10. The molecular formula is C19H28N2O2. The lowest BCUT2D eigenvalue weighted by molar-refractivity contribution is -0.131. The van der Waals surface area contributed by atoms with E-state index >= 15 is 0 Å². The zero-order valence-electron chi connectivity index (χ0n) is 14.6. The fraction of sp³-hybridized carbons (Fsp3) is 0.579. The third-order valence-electron chi connectivity index (χ3n) is 4.41. The average Bonchev–Trinajstić information content (AvgIpc) is 2.75. The van der Waals surface area contributed by atoms with E-state index in [1.54, 1.807) is 11.8 Å². The second kappa shape index (κ2) is 8.14. The van der Waals surface area contributed by atoms with Crippen LogP contribution in [0.5, 0.6) is 0 Å². The summed E-state index contributed by atoms with van der Waals surface area (Å²) in [4.78, 5) is 28.1. The monoisotopic (exact) mass is 316 g/mol. The summed E-state index contributed by atoms with van der Waals surface area (Å²) < 4.78 is 0. The molecule has 1 heterocycles. The van der Waals surface area contributed by atoms with Gasteiger partial charge in [-0.15, -0.1) is 0 Å². The highest BCUT2D eigenvalue weighted by atomic mass is 16.2. The van der Waals surface area contributed by atoms with Crippen molar-refractivity contribution in [2.75, 3.05) is 24.5 Å². The summed E-state index contributed by atoms with van der Waals surface area (Å²) in [5.74, 6) is 0.154. The van der Waals surface area contributed by atoms with Gasteiger partial charge in [0.15, 0.2) is 0 Å². The van der Waals surface area contributed by atoms with Gasteiger partial charge in [-0.2, -0.15) is 0 Å². The molecule has 0 aliphatic carbocycles. The molecule has 1 saturated heterocycles. The summed E-state index contributed by atoms with van der Waals surface area (Å²) in [5.41, 5.74) is 3.15. The Bertz CT molecular complexity index is 540. The zero-order chi connectivity index (χ0) is 16.8. The summed E-state index contributed by atoms with van der Waals surface area (Å²) in [6.45, 7) is 7.79. The van der Waals surface area contributed by atoms with Crippen molar-refractivity contribution in [3.63, 3.8) is 0 Å². The highest BCUT2D eigenvalue weighted by Crippen LogP contribution is 2.20. The SMILES string of the molecule is CC(=O)N(CCC(=O)N1CCCCCC1)c1cc(C)cc(C)c1. The standard InChI is InChI=1S/C19H28N2O2/c1-15-12-16(2)14-18(13-15)21(17(3)22)11-8-19(23)20-9-6-4-5-7-10-20/h12-14H,4-11H2,1-3H3. The molecule has 2 rings (SSSR count). The number of benzene rings is 1. The van der Waals surface area contributed by atoms with Gasteiger partial charge in [-0.1, -0.05) is 18.9 Å². The lowest BCUT2D eigenvalue weighted by atomic mass is 10.1. The number of hydrogen-bond acceptors (Lipinski definition) is 2. The first-order chi connectivity index (χ1) is 11.0. The van der Waals surface area contributed by atoms with Gasteiger partial charge in [-0.05, 0) is 49.9 Å². The fourth-order valence-corrected chi connectivity index (χ4v) is 3.26. The number of nitrogens with zero attached hydrogens (tertiary/aromatic N) is 2. The molecule has 0 radical (unpaired) electrons. The Balaban J connectivity index is 2.02. The highest BCUT2D eigenvalue weighted by molar-refractivity contribution is 5.92. The van der Waals surface area contributed by atoms with Crippen LogP contribution in [0.25, 0.3) is 0 Å². The average molecular weight is 316 g/mol. The van der Waals surface area contributed by atoms with Crippen LogP contribution in [-0.4, -0.2) is 36.3 Å². The number of carbonyl (C=O) groups is 2. The van der Waals surface area contributed by atoms with Gasteiger partial charge < -0.3 is 9.80 Å². The normalized spacial score (nSPS) is 15.2. The molecule has 1 fully saturated rings. The molecule has 1 aromatic carbocycles. The Morgan fingerprint density at radius 1 is 1.00 bits per heavy atom. The largest absolute Gasteiger partial charge is 0.343 e. The van der Waals surface area contributed by atoms with Gasteiger partial charge >= 0.3 is 0 Å². The summed E-state index contributed by atoms with van der Waals surface area (Å²) in [6.07, 6.45) is 5.02. The van der Waals surface area contributed by atoms with Gasteiger partial charge in [-0.25, -0.2) is 0 Å². The summed E-state index contributed by atoms with van der Waals surface area (Å²) in [5, 5.41) is 0. The number of carbonyl (C=O) groups excluding carboxylic acids is 2.